The Labute approximate surface area is 225 Å². The molecule has 1 atom stereocenters. The molecule has 0 saturated carbocycles. The van der Waals surface area contributed by atoms with Crippen LogP contribution in [0.2, 0.25) is 0 Å². The Kier molecular flexibility index (Phi) is 11.0. The van der Waals surface area contributed by atoms with Gasteiger partial charge in [-0.25, -0.2) is 0 Å². The van der Waals surface area contributed by atoms with E-state index in [1.807, 2.05) is 61.5 Å². The third-order valence-electron chi connectivity index (χ3n) is 6.26. The molecule has 202 valence electrons. The second kappa shape index (κ2) is 14.7. The number of hydrogen-bond donors (Lipinski definition) is 1. The largest absolute Gasteiger partial charge is 0.496 e. The molecule has 0 spiro atoms. The van der Waals surface area contributed by atoms with Gasteiger partial charge in [0.25, 0.3) is 5.91 Å². The van der Waals surface area contributed by atoms with Crippen LogP contribution < -0.4 is 19.5 Å². The van der Waals surface area contributed by atoms with Crippen molar-refractivity contribution < 1.29 is 23.8 Å². The van der Waals surface area contributed by atoms with Gasteiger partial charge in [-0.05, 0) is 24.5 Å². The molecule has 1 unspecified atom stereocenters. The van der Waals surface area contributed by atoms with E-state index in [0.717, 1.165) is 29.5 Å². The SMILES string of the molecule is CCCCNC(=O)C(Cc1ccccc1)N(Cc1ccc(C)cc1)C(=O)COc1cc(OC)cc(OC)c1. The monoisotopic (exact) mass is 518 g/mol. The summed E-state index contributed by atoms with van der Waals surface area (Å²) < 4.78 is 16.5. The second-order valence-electron chi connectivity index (χ2n) is 9.19. The lowest BCUT2D eigenvalue weighted by atomic mass is 10.0. The van der Waals surface area contributed by atoms with Crippen molar-refractivity contribution in [1.29, 1.82) is 0 Å². The minimum atomic E-state index is -0.702. The molecule has 3 aromatic carbocycles. The molecule has 0 fully saturated rings. The van der Waals surface area contributed by atoms with Crippen LogP contribution in [0.5, 0.6) is 17.2 Å². The van der Waals surface area contributed by atoms with Crippen molar-refractivity contribution in [2.45, 2.75) is 45.7 Å². The fourth-order valence-electron chi connectivity index (χ4n) is 4.04. The highest BCUT2D eigenvalue weighted by molar-refractivity contribution is 5.88. The Morgan fingerprint density at radius 1 is 0.868 bits per heavy atom. The number of hydrogen-bond acceptors (Lipinski definition) is 5. The van der Waals surface area contributed by atoms with Gasteiger partial charge in [-0.1, -0.05) is 73.5 Å². The van der Waals surface area contributed by atoms with Crippen LogP contribution in [0.3, 0.4) is 0 Å². The smallest absolute Gasteiger partial charge is 0.261 e. The second-order valence-corrected chi connectivity index (χ2v) is 9.19. The first-order valence-electron chi connectivity index (χ1n) is 13.0. The molecule has 3 aromatic rings. The first-order chi connectivity index (χ1) is 18.4. The first-order valence-corrected chi connectivity index (χ1v) is 13.0. The number of nitrogens with one attached hydrogen (secondary N) is 1. The van der Waals surface area contributed by atoms with E-state index in [1.54, 1.807) is 37.3 Å². The van der Waals surface area contributed by atoms with Crippen LogP contribution in [0, 0.1) is 6.92 Å². The molecule has 38 heavy (non-hydrogen) atoms. The molecule has 1 N–H and O–H groups in total. The Bertz CT molecular complexity index is 1140. The van der Waals surface area contributed by atoms with Crippen LogP contribution >= 0.6 is 0 Å². The number of carbonyl (C=O) groups is 2. The van der Waals surface area contributed by atoms with E-state index in [2.05, 4.69) is 12.2 Å². The summed E-state index contributed by atoms with van der Waals surface area (Å²) in [6.07, 6.45) is 2.23. The predicted octanol–water partition coefficient (Wildman–Crippen LogP) is 4.95. The number of unbranched alkanes of at least 4 members (excludes halogenated alkanes) is 1. The van der Waals surface area contributed by atoms with Crippen LogP contribution in [-0.4, -0.2) is 50.1 Å². The molecule has 2 amide bonds. The van der Waals surface area contributed by atoms with Crippen LogP contribution in [0.25, 0.3) is 0 Å². The highest BCUT2D eigenvalue weighted by Gasteiger charge is 2.30. The summed E-state index contributed by atoms with van der Waals surface area (Å²) in [5, 5.41) is 3.03. The Morgan fingerprint density at radius 3 is 2.11 bits per heavy atom. The first kappa shape index (κ1) is 28.6. The van der Waals surface area contributed by atoms with Gasteiger partial charge >= 0.3 is 0 Å². The van der Waals surface area contributed by atoms with Gasteiger partial charge in [0.2, 0.25) is 5.91 Å². The minimum Gasteiger partial charge on any atom is -0.496 e. The number of amides is 2. The van der Waals surface area contributed by atoms with Crippen molar-refractivity contribution in [2.24, 2.45) is 0 Å². The van der Waals surface area contributed by atoms with Gasteiger partial charge < -0.3 is 24.4 Å². The van der Waals surface area contributed by atoms with Crippen molar-refractivity contribution >= 4 is 11.8 Å². The van der Waals surface area contributed by atoms with Gasteiger partial charge in [0.15, 0.2) is 6.61 Å². The maximum atomic E-state index is 13.7. The zero-order chi connectivity index (χ0) is 27.3. The lowest BCUT2D eigenvalue weighted by Gasteiger charge is -2.31. The van der Waals surface area contributed by atoms with E-state index in [1.165, 1.54) is 0 Å². The van der Waals surface area contributed by atoms with Gasteiger partial charge in [-0.15, -0.1) is 0 Å². The predicted molar refractivity (Wildman–Crippen MR) is 149 cm³/mol. The summed E-state index contributed by atoms with van der Waals surface area (Å²) in [6, 6.07) is 22.1. The molecule has 7 heteroatoms. The van der Waals surface area contributed by atoms with Gasteiger partial charge in [0, 0.05) is 37.7 Å². The van der Waals surface area contributed by atoms with E-state index in [9.17, 15) is 9.59 Å². The maximum absolute atomic E-state index is 13.7. The topological polar surface area (TPSA) is 77.1 Å². The number of aryl methyl sites for hydroxylation is 1. The highest BCUT2D eigenvalue weighted by Crippen LogP contribution is 2.27. The van der Waals surface area contributed by atoms with Crippen LogP contribution in [0.1, 0.15) is 36.5 Å². The van der Waals surface area contributed by atoms with E-state index < -0.39 is 6.04 Å². The summed E-state index contributed by atoms with van der Waals surface area (Å²) in [5.74, 6) is 1.09. The van der Waals surface area contributed by atoms with Crippen LogP contribution in [-0.2, 0) is 22.6 Å². The average Bonchev–Trinajstić information content (AvgIpc) is 2.95. The molecule has 0 aliphatic rings. The number of methoxy groups -OCH3 is 2. The van der Waals surface area contributed by atoms with Gasteiger partial charge in [0.1, 0.15) is 23.3 Å². The highest BCUT2D eigenvalue weighted by atomic mass is 16.5. The fourth-order valence-corrected chi connectivity index (χ4v) is 4.04. The van der Waals surface area contributed by atoms with E-state index >= 15 is 0 Å². The van der Waals surface area contributed by atoms with Crippen molar-refractivity contribution in [1.82, 2.24) is 10.2 Å². The molecular weight excluding hydrogens is 480 g/mol. The fraction of sp³-hybridized carbons (Fsp3) is 0.355. The third kappa shape index (κ3) is 8.54. The third-order valence-corrected chi connectivity index (χ3v) is 6.26. The van der Waals surface area contributed by atoms with Crippen LogP contribution in [0.4, 0.5) is 0 Å². The molecule has 0 radical (unpaired) electrons. The molecule has 0 bridgehead atoms. The molecule has 0 aliphatic heterocycles. The number of ether oxygens (including phenoxy) is 3. The zero-order valence-corrected chi connectivity index (χ0v) is 22.7. The number of nitrogens with zero attached hydrogens (tertiary/aromatic N) is 1. The minimum absolute atomic E-state index is 0.175. The summed E-state index contributed by atoms with van der Waals surface area (Å²) in [5.41, 5.74) is 3.04. The molecular formula is C31H38N2O5. The van der Waals surface area contributed by atoms with E-state index in [4.69, 9.17) is 14.2 Å². The number of benzene rings is 3. The summed E-state index contributed by atoms with van der Waals surface area (Å²) in [4.78, 5) is 28.8. The average molecular weight is 519 g/mol. The molecule has 0 heterocycles. The summed E-state index contributed by atoms with van der Waals surface area (Å²) in [6.45, 7) is 4.69. The molecule has 0 aromatic heterocycles. The number of carbonyl (C=O) groups excluding carboxylic acids is 2. The lowest BCUT2D eigenvalue weighted by molar-refractivity contribution is -0.142. The van der Waals surface area contributed by atoms with Crippen LogP contribution in [0.15, 0.2) is 72.8 Å². The lowest BCUT2D eigenvalue weighted by Crippen LogP contribution is -2.51. The molecule has 0 saturated heterocycles. The van der Waals surface area contributed by atoms with Crippen molar-refractivity contribution in [3.8, 4) is 17.2 Å². The van der Waals surface area contributed by atoms with E-state index in [-0.39, 0.29) is 25.0 Å². The van der Waals surface area contributed by atoms with E-state index in [0.29, 0.717) is 30.2 Å². The molecule has 3 rings (SSSR count). The van der Waals surface area contributed by atoms with Crippen molar-refractivity contribution in [3.63, 3.8) is 0 Å². The van der Waals surface area contributed by atoms with Gasteiger partial charge in [0.05, 0.1) is 14.2 Å². The van der Waals surface area contributed by atoms with Crippen molar-refractivity contribution in [3.05, 3.63) is 89.5 Å². The standard InChI is InChI=1S/C31H38N2O5/c1-5-6-16-32-31(35)29(17-24-10-8-7-9-11-24)33(21-25-14-12-23(2)13-15-25)30(34)22-38-28-19-26(36-3)18-27(20-28)37-4/h7-15,18-20,29H,5-6,16-17,21-22H2,1-4H3,(H,32,35). The molecule has 7 nitrogen and oxygen atoms in total. The number of rotatable bonds is 14. The summed E-state index contributed by atoms with van der Waals surface area (Å²) in [7, 11) is 3.11. The van der Waals surface area contributed by atoms with Crippen molar-refractivity contribution in [2.75, 3.05) is 27.4 Å². The Hall–Kier alpha value is -4.00. The normalized spacial score (nSPS) is 11.4. The molecule has 0 aliphatic carbocycles. The van der Waals surface area contributed by atoms with Gasteiger partial charge in [-0.2, -0.15) is 0 Å². The zero-order valence-electron chi connectivity index (χ0n) is 22.7. The maximum Gasteiger partial charge on any atom is 0.261 e. The summed E-state index contributed by atoms with van der Waals surface area (Å²) >= 11 is 0. The van der Waals surface area contributed by atoms with Gasteiger partial charge in [-0.3, -0.25) is 9.59 Å². The Morgan fingerprint density at radius 2 is 1.50 bits per heavy atom. The quantitative estimate of drug-likeness (QED) is 0.306. The Balaban J connectivity index is 1.89.